The summed E-state index contributed by atoms with van der Waals surface area (Å²) in [5.74, 6) is 0.715. The molecule has 1 heterocycles. The van der Waals surface area contributed by atoms with Crippen molar-refractivity contribution in [1.29, 1.82) is 0 Å². The van der Waals surface area contributed by atoms with Gasteiger partial charge in [0.05, 0.1) is 6.54 Å². The van der Waals surface area contributed by atoms with Crippen molar-refractivity contribution in [1.82, 2.24) is 15.1 Å². The van der Waals surface area contributed by atoms with E-state index in [-0.39, 0.29) is 12.5 Å². The van der Waals surface area contributed by atoms with Crippen LogP contribution in [0.15, 0.2) is 0 Å². The number of carbonyl (C=O) groups is 1. The lowest BCUT2D eigenvalue weighted by Gasteiger charge is -2.35. The molecular weight excluding hydrogens is 254 g/mol. The summed E-state index contributed by atoms with van der Waals surface area (Å²) in [5, 5.41) is 12.8. The fourth-order valence-corrected chi connectivity index (χ4v) is 2.64. The van der Waals surface area contributed by atoms with E-state index in [4.69, 9.17) is 5.11 Å². The van der Waals surface area contributed by atoms with Crippen molar-refractivity contribution in [2.75, 3.05) is 40.3 Å². The van der Waals surface area contributed by atoms with Crippen molar-refractivity contribution in [2.24, 2.45) is 5.92 Å². The van der Waals surface area contributed by atoms with Gasteiger partial charge in [0.1, 0.15) is 0 Å². The van der Waals surface area contributed by atoms with Gasteiger partial charge in [0, 0.05) is 45.9 Å². The second kappa shape index (κ2) is 8.60. The number of hydrogen-bond acceptors (Lipinski definition) is 4. The van der Waals surface area contributed by atoms with Crippen molar-refractivity contribution in [2.45, 2.75) is 45.2 Å². The van der Waals surface area contributed by atoms with Crippen LogP contribution in [0.5, 0.6) is 0 Å². The fourth-order valence-electron chi connectivity index (χ4n) is 2.64. The fraction of sp³-hybridized carbons (Fsp3) is 0.933. The van der Waals surface area contributed by atoms with E-state index in [1.165, 1.54) is 0 Å². The molecule has 1 amide bonds. The molecule has 1 aliphatic rings. The first kappa shape index (κ1) is 17.4. The normalized spacial score (nSPS) is 19.3. The maximum Gasteiger partial charge on any atom is 0.236 e. The molecule has 0 bridgehead atoms. The van der Waals surface area contributed by atoms with Gasteiger partial charge in [0.25, 0.3) is 0 Å². The summed E-state index contributed by atoms with van der Waals surface area (Å²) in [6.07, 6.45) is 2.97. The molecule has 1 unspecified atom stereocenters. The number of aliphatic hydroxyl groups is 1. The average molecular weight is 285 g/mol. The minimum Gasteiger partial charge on any atom is -0.396 e. The molecule has 20 heavy (non-hydrogen) atoms. The van der Waals surface area contributed by atoms with E-state index < -0.39 is 0 Å². The van der Waals surface area contributed by atoms with Crippen LogP contribution in [0.3, 0.4) is 0 Å². The predicted octanol–water partition coefficient (Wildman–Crippen LogP) is 0.536. The van der Waals surface area contributed by atoms with Crippen LogP contribution in [0.1, 0.15) is 33.1 Å². The Morgan fingerprint density at radius 2 is 1.95 bits per heavy atom. The topological polar surface area (TPSA) is 55.8 Å². The quantitative estimate of drug-likeness (QED) is 0.717. The molecule has 5 heteroatoms. The smallest absolute Gasteiger partial charge is 0.236 e. The van der Waals surface area contributed by atoms with Crippen molar-refractivity contribution >= 4 is 5.91 Å². The van der Waals surface area contributed by atoms with Gasteiger partial charge in [0.2, 0.25) is 5.91 Å². The van der Waals surface area contributed by atoms with Gasteiger partial charge in [-0.05, 0) is 25.2 Å². The third-order valence-corrected chi connectivity index (χ3v) is 4.14. The van der Waals surface area contributed by atoms with Gasteiger partial charge in [0.15, 0.2) is 0 Å². The van der Waals surface area contributed by atoms with Crippen molar-refractivity contribution < 1.29 is 9.90 Å². The van der Waals surface area contributed by atoms with E-state index in [2.05, 4.69) is 24.1 Å². The first-order valence-electron chi connectivity index (χ1n) is 7.73. The van der Waals surface area contributed by atoms with E-state index in [1.807, 2.05) is 0 Å². The van der Waals surface area contributed by atoms with Crippen LogP contribution in [-0.2, 0) is 4.79 Å². The zero-order chi connectivity index (χ0) is 15.1. The van der Waals surface area contributed by atoms with Crippen LogP contribution >= 0.6 is 0 Å². The lowest BCUT2D eigenvalue weighted by molar-refractivity contribution is -0.130. The molecule has 5 nitrogen and oxygen atoms in total. The number of hydrogen-bond donors (Lipinski definition) is 2. The van der Waals surface area contributed by atoms with Gasteiger partial charge in [-0.1, -0.05) is 13.8 Å². The second-order valence-corrected chi connectivity index (χ2v) is 6.37. The third-order valence-electron chi connectivity index (χ3n) is 4.14. The van der Waals surface area contributed by atoms with Crippen LogP contribution < -0.4 is 5.32 Å². The number of aliphatic hydroxyl groups excluding tert-OH is 1. The number of carbonyl (C=O) groups excluding carboxylic acids is 1. The van der Waals surface area contributed by atoms with Crippen molar-refractivity contribution in [3.05, 3.63) is 0 Å². The Hall–Kier alpha value is -0.650. The minimum absolute atomic E-state index is 0.178. The second-order valence-electron chi connectivity index (χ2n) is 6.37. The highest BCUT2D eigenvalue weighted by molar-refractivity contribution is 5.77. The summed E-state index contributed by atoms with van der Waals surface area (Å²) in [5.41, 5.74) is 0. The molecule has 0 saturated carbocycles. The van der Waals surface area contributed by atoms with Gasteiger partial charge in [-0.3, -0.25) is 9.69 Å². The summed E-state index contributed by atoms with van der Waals surface area (Å²) >= 11 is 0. The highest BCUT2D eigenvalue weighted by Gasteiger charge is 2.24. The monoisotopic (exact) mass is 285 g/mol. The molecule has 0 aromatic carbocycles. The summed E-state index contributed by atoms with van der Waals surface area (Å²) in [6.45, 7) is 7.11. The molecule has 1 atom stereocenters. The van der Waals surface area contributed by atoms with Gasteiger partial charge >= 0.3 is 0 Å². The first-order valence-corrected chi connectivity index (χ1v) is 7.73. The molecule has 1 aliphatic heterocycles. The van der Waals surface area contributed by atoms with Gasteiger partial charge in [-0.25, -0.2) is 0 Å². The molecule has 1 fully saturated rings. The Morgan fingerprint density at radius 1 is 1.35 bits per heavy atom. The Bertz CT molecular complexity index is 287. The van der Waals surface area contributed by atoms with Crippen LogP contribution in [-0.4, -0.2) is 73.2 Å². The van der Waals surface area contributed by atoms with Crippen LogP contribution in [0.4, 0.5) is 0 Å². The number of nitrogens with zero attached hydrogens (tertiary/aromatic N) is 2. The van der Waals surface area contributed by atoms with Gasteiger partial charge in [-0.2, -0.15) is 0 Å². The molecule has 0 radical (unpaired) electrons. The SMILES string of the molecule is CC(C)C(CCO)NC1CCN(CC(=O)N(C)C)CC1. The lowest BCUT2D eigenvalue weighted by atomic mass is 9.97. The summed E-state index contributed by atoms with van der Waals surface area (Å²) in [4.78, 5) is 15.6. The molecule has 0 aliphatic carbocycles. The molecule has 0 aromatic rings. The minimum atomic E-state index is 0.178. The standard InChI is InChI=1S/C15H31N3O2/c1-12(2)14(7-10-19)16-13-5-8-18(9-6-13)11-15(20)17(3)4/h12-14,16,19H,5-11H2,1-4H3. The lowest BCUT2D eigenvalue weighted by Crippen LogP contribution is -2.49. The van der Waals surface area contributed by atoms with Crippen LogP contribution in [0, 0.1) is 5.92 Å². The van der Waals surface area contributed by atoms with E-state index >= 15 is 0 Å². The van der Waals surface area contributed by atoms with E-state index in [0.29, 0.717) is 24.5 Å². The van der Waals surface area contributed by atoms with E-state index in [9.17, 15) is 4.79 Å². The highest BCUT2D eigenvalue weighted by atomic mass is 16.3. The predicted molar refractivity (Wildman–Crippen MR) is 81.6 cm³/mol. The molecular formula is C15H31N3O2. The first-order chi connectivity index (χ1) is 9.43. The number of likely N-dealkylation sites (N-methyl/N-ethyl adjacent to an activating group) is 1. The molecule has 118 valence electrons. The number of nitrogens with one attached hydrogen (secondary N) is 1. The largest absolute Gasteiger partial charge is 0.396 e. The number of piperidine rings is 1. The third kappa shape index (κ3) is 5.77. The Morgan fingerprint density at radius 3 is 2.40 bits per heavy atom. The molecule has 1 rings (SSSR count). The van der Waals surface area contributed by atoms with E-state index in [1.54, 1.807) is 19.0 Å². The highest BCUT2D eigenvalue weighted by Crippen LogP contribution is 2.14. The van der Waals surface area contributed by atoms with E-state index in [0.717, 1.165) is 32.4 Å². The average Bonchev–Trinajstić information content (AvgIpc) is 2.40. The molecule has 2 N–H and O–H groups in total. The Labute approximate surface area is 123 Å². The number of likely N-dealkylation sites (tertiary alicyclic amines) is 1. The van der Waals surface area contributed by atoms with Crippen molar-refractivity contribution in [3.63, 3.8) is 0 Å². The van der Waals surface area contributed by atoms with Crippen molar-refractivity contribution in [3.8, 4) is 0 Å². The van der Waals surface area contributed by atoms with Gasteiger partial charge < -0.3 is 15.3 Å². The number of rotatable bonds is 7. The molecule has 0 aromatic heterocycles. The molecule has 0 spiro atoms. The zero-order valence-corrected chi connectivity index (χ0v) is 13.4. The Balaban J connectivity index is 2.32. The summed E-state index contributed by atoms with van der Waals surface area (Å²) in [6, 6.07) is 0.902. The van der Waals surface area contributed by atoms with Crippen LogP contribution in [0.2, 0.25) is 0 Å². The number of amides is 1. The van der Waals surface area contributed by atoms with Gasteiger partial charge in [-0.15, -0.1) is 0 Å². The maximum atomic E-state index is 11.7. The maximum absolute atomic E-state index is 11.7. The summed E-state index contributed by atoms with van der Waals surface area (Å²) < 4.78 is 0. The molecule has 1 saturated heterocycles. The summed E-state index contributed by atoms with van der Waals surface area (Å²) in [7, 11) is 3.61. The zero-order valence-electron chi connectivity index (χ0n) is 13.4. The van der Waals surface area contributed by atoms with Crippen LogP contribution in [0.25, 0.3) is 0 Å². The Kier molecular flexibility index (Phi) is 7.48.